The summed E-state index contributed by atoms with van der Waals surface area (Å²) in [5, 5.41) is 2.78. The van der Waals surface area contributed by atoms with Crippen LogP contribution in [0.1, 0.15) is 22.3 Å². The van der Waals surface area contributed by atoms with Crippen molar-refractivity contribution in [3.05, 3.63) is 71.8 Å². The van der Waals surface area contributed by atoms with Gasteiger partial charge in [0.15, 0.2) is 17.3 Å². The first-order valence-electron chi connectivity index (χ1n) is 11.1. The molecule has 0 aliphatic rings. The molecule has 1 aromatic heterocycles. The molecule has 0 spiro atoms. The number of imidazole rings is 1. The topological polar surface area (TPSA) is 74.6 Å². The van der Waals surface area contributed by atoms with Crippen molar-refractivity contribution >= 4 is 22.7 Å². The third kappa shape index (κ3) is 5.60. The number of alkyl halides is 3. The number of nitrogens with one attached hydrogen (secondary N) is 1. The molecule has 0 aliphatic heterocycles. The number of aromatic nitrogens is 2. The van der Waals surface area contributed by atoms with Crippen LogP contribution in [0.25, 0.3) is 16.7 Å². The van der Waals surface area contributed by atoms with E-state index in [1.165, 1.54) is 44.8 Å². The molecule has 0 saturated carbocycles. The van der Waals surface area contributed by atoms with Gasteiger partial charge in [0.05, 0.1) is 37.4 Å². The molecule has 0 amide bonds. The number of para-hydroxylation sites is 1. The van der Waals surface area contributed by atoms with Crippen LogP contribution in [0.4, 0.5) is 23.2 Å². The highest BCUT2D eigenvalue weighted by molar-refractivity contribution is 5.93. The number of hydrogen-bond donors (Lipinski definition) is 1. The van der Waals surface area contributed by atoms with E-state index in [1.807, 2.05) is 0 Å². The Labute approximate surface area is 209 Å². The lowest BCUT2D eigenvalue weighted by Gasteiger charge is -2.15. The summed E-state index contributed by atoms with van der Waals surface area (Å²) >= 11 is 0. The Bertz CT molecular complexity index is 1450. The monoisotopic (exact) mass is 517 g/mol. The van der Waals surface area contributed by atoms with E-state index in [4.69, 9.17) is 14.2 Å². The number of esters is 1. The number of benzene rings is 3. The van der Waals surface area contributed by atoms with Gasteiger partial charge in [0.2, 0.25) is 0 Å². The zero-order chi connectivity index (χ0) is 26.7. The van der Waals surface area contributed by atoms with Crippen molar-refractivity contribution in [2.75, 3.05) is 26.1 Å². The van der Waals surface area contributed by atoms with Crippen molar-refractivity contribution in [3.63, 3.8) is 0 Å². The van der Waals surface area contributed by atoms with Crippen LogP contribution < -0.4 is 14.8 Å². The second-order valence-corrected chi connectivity index (χ2v) is 8.11. The van der Waals surface area contributed by atoms with Gasteiger partial charge in [0.25, 0.3) is 0 Å². The summed E-state index contributed by atoms with van der Waals surface area (Å²) in [7, 11) is 2.59. The number of anilines is 1. The number of fused-ring (bicyclic) bond motifs is 1. The fraction of sp³-hybridized carbons (Fsp3) is 0.231. The van der Waals surface area contributed by atoms with Crippen molar-refractivity contribution in [1.82, 2.24) is 9.55 Å². The first kappa shape index (κ1) is 25.8. The summed E-state index contributed by atoms with van der Waals surface area (Å²) in [5.41, 5.74) is 2.91. The minimum Gasteiger partial charge on any atom is -0.490 e. The Hall–Kier alpha value is -4.28. The van der Waals surface area contributed by atoms with Crippen molar-refractivity contribution in [2.45, 2.75) is 19.5 Å². The molecule has 3 aromatic carbocycles. The largest absolute Gasteiger partial charge is 0.490 e. The summed E-state index contributed by atoms with van der Waals surface area (Å²) in [6.45, 7) is 1.37. The van der Waals surface area contributed by atoms with Gasteiger partial charge in [-0.25, -0.2) is 14.2 Å². The Morgan fingerprint density at radius 3 is 2.57 bits per heavy atom. The maximum Gasteiger partial charge on any atom is 0.390 e. The molecule has 4 aromatic rings. The van der Waals surface area contributed by atoms with E-state index in [9.17, 15) is 22.4 Å². The number of rotatable bonds is 8. The highest BCUT2D eigenvalue weighted by Gasteiger charge is 2.26. The lowest BCUT2D eigenvalue weighted by atomic mass is 10.1. The second-order valence-electron chi connectivity index (χ2n) is 8.11. The lowest BCUT2D eigenvalue weighted by molar-refractivity contribution is -0.131. The highest BCUT2D eigenvalue weighted by Crippen LogP contribution is 2.37. The van der Waals surface area contributed by atoms with Gasteiger partial charge in [-0.2, -0.15) is 13.2 Å². The molecular weight excluding hydrogens is 494 g/mol. The number of halogens is 4. The van der Waals surface area contributed by atoms with E-state index in [1.54, 1.807) is 35.8 Å². The number of ether oxygens (including phenoxy) is 3. The zero-order valence-corrected chi connectivity index (χ0v) is 20.1. The zero-order valence-electron chi connectivity index (χ0n) is 20.1. The molecular formula is C26H23F4N3O4. The van der Waals surface area contributed by atoms with Gasteiger partial charge in [-0.1, -0.05) is 6.07 Å². The molecule has 0 atom stereocenters. The molecule has 1 N–H and O–H groups in total. The molecule has 1 heterocycles. The first-order valence-corrected chi connectivity index (χ1v) is 11.1. The lowest BCUT2D eigenvalue weighted by Crippen LogP contribution is -2.14. The predicted molar refractivity (Wildman–Crippen MR) is 129 cm³/mol. The fourth-order valence-corrected chi connectivity index (χ4v) is 3.86. The number of hydrogen-bond acceptors (Lipinski definition) is 6. The first-order chi connectivity index (χ1) is 17.6. The van der Waals surface area contributed by atoms with Crippen LogP contribution in [0.3, 0.4) is 0 Å². The van der Waals surface area contributed by atoms with E-state index in [2.05, 4.69) is 10.3 Å². The predicted octanol–water partition coefficient (Wildman–Crippen LogP) is 6.42. The fourth-order valence-electron chi connectivity index (χ4n) is 3.86. The van der Waals surface area contributed by atoms with Crippen molar-refractivity contribution in [1.29, 1.82) is 0 Å². The number of methoxy groups -OCH3 is 2. The van der Waals surface area contributed by atoms with Crippen molar-refractivity contribution in [2.24, 2.45) is 0 Å². The maximum atomic E-state index is 14.2. The molecule has 0 bridgehead atoms. The maximum absolute atomic E-state index is 14.2. The standard InChI is InChI=1S/C26H23F4N3O4/c1-15-11-16(7-8-18(15)25(34)36-3)33-14-32-23-20(31-10-9-26(28,29)30)12-17(13-21(23)33)37-22-6-4-5-19(27)24(22)35-2/h4-8,11-14,31H,9-10H2,1-3H3. The van der Waals surface area contributed by atoms with Crippen LogP contribution in [0.15, 0.2) is 54.9 Å². The molecule has 11 heteroatoms. The molecule has 0 aliphatic carbocycles. The van der Waals surface area contributed by atoms with Crippen LogP contribution in [-0.2, 0) is 4.74 Å². The summed E-state index contributed by atoms with van der Waals surface area (Å²) < 4.78 is 70.0. The average Bonchev–Trinajstić information content (AvgIpc) is 3.27. The third-order valence-corrected chi connectivity index (χ3v) is 5.61. The minimum atomic E-state index is -4.34. The van der Waals surface area contributed by atoms with Gasteiger partial charge in [-0.3, -0.25) is 4.57 Å². The van der Waals surface area contributed by atoms with E-state index >= 15 is 0 Å². The number of carbonyl (C=O) groups is 1. The Balaban J connectivity index is 1.80. The Morgan fingerprint density at radius 2 is 1.89 bits per heavy atom. The molecule has 7 nitrogen and oxygen atoms in total. The molecule has 0 radical (unpaired) electrons. The van der Waals surface area contributed by atoms with Crippen LogP contribution in [0.5, 0.6) is 17.2 Å². The van der Waals surface area contributed by atoms with Gasteiger partial charge in [-0.15, -0.1) is 0 Å². The van der Waals surface area contributed by atoms with Crippen LogP contribution in [-0.4, -0.2) is 42.5 Å². The van der Waals surface area contributed by atoms with E-state index in [0.29, 0.717) is 33.5 Å². The molecule has 4 rings (SSSR count). The van der Waals surface area contributed by atoms with Crippen molar-refractivity contribution < 1.29 is 36.6 Å². The van der Waals surface area contributed by atoms with E-state index in [0.717, 1.165) is 0 Å². The smallest absolute Gasteiger partial charge is 0.390 e. The SMILES string of the molecule is COC(=O)c1ccc(-n2cnc3c(NCCC(F)(F)F)cc(Oc4cccc(F)c4OC)cc32)cc1C. The summed E-state index contributed by atoms with van der Waals surface area (Å²) in [6.07, 6.45) is -3.88. The van der Waals surface area contributed by atoms with E-state index in [-0.39, 0.29) is 23.8 Å². The number of carbonyl (C=O) groups excluding carboxylic acids is 1. The number of aryl methyl sites for hydroxylation is 1. The highest BCUT2D eigenvalue weighted by atomic mass is 19.4. The van der Waals surface area contributed by atoms with Gasteiger partial charge < -0.3 is 19.5 Å². The van der Waals surface area contributed by atoms with Crippen LogP contribution in [0, 0.1) is 12.7 Å². The number of nitrogens with zero attached hydrogens (tertiary/aromatic N) is 2. The minimum absolute atomic E-state index is 0.0902. The van der Waals surface area contributed by atoms with Gasteiger partial charge >= 0.3 is 12.1 Å². The molecule has 37 heavy (non-hydrogen) atoms. The van der Waals surface area contributed by atoms with Crippen LogP contribution >= 0.6 is 0 Å². The van der Waals surface area contributed by atoms with Gasteiger partial charge in [-0.05, 0) is 42.8 Å². The summed E-state index contributed by atoms with van der Waals surface area (Å²) in [6, 6.07) is 12.4. The van der Waals surface area contributed by atoms with Gasteiger partial charge in [0.1, 0.15) is 17.6 Å². The second kappa shape index (κ2) is 10.4. The third-order valence-electron chi connectivity index (χ3n) is 5.61. The van der Waals surface area contributed by atoms with Crippen LogP contribution in [0.2, 0.25) is 0 Å². The normalized spacial score (nSPS) is 11.4. The molecule has 0 saturated heterocycles. The Kier molecular flexibility index (Phi) is 7.23. The quantitative estimate of drug-likeness (QED) is 0.215. The summed E-state index contributed by atoms with van der Waals surface area (Å²) in [5.74, 6) is -0.911. The summed E-state index contributed by atoms with van der Waals surface area (Å²) in [4.78, 5) is 16.4. The molecule has 0 fully saturated rings. The van der Waals surface area contributed by atoms with E-state index < -0.39 is 24.4 Å². The molecule has 194 valence electrons. The molecule has 0 unspecified atom stereocenters. The average molecular weight is 517 g/mol. The van der Waals surface area contributed by atoms with Gasteiger partial charge in [0, 0.05) is 24.4 Å². The Morgan fingerprint density at radius 1 is 1.11 bits per heavy atom. The van der Waals surface area contributed by atoms with Crippen molar-refractivity contribution in [3.8, 4) is 22.9 Å².